The number of hydrogen-bond donors (Lipinski definition) is 1. The molecule has 2 saturated heterocycles. The van der Waals surface area contributed by atoms with E-state index in [1.54, 1.807) is 11.3 Å². The SMILES string of the molecule is OCC#Cc1csc(CN2CCCN3CCCC3C2)c1. The summed E-state index contributed by atoms with van der Waals surface area (Å²) in [4.78, 5) is 6.66. The van der Waals surface area contributed by atoms with Crippen molar-refractivity contribution in [1.82, 2.24) is 9.80 Å². The number of nitrogens with zero attached hydrogens (tertiary/aromatic N) is 2. The Kier molecular flexibility index (Phi) is 4.74. The maximum absolute atomic E-state index is 8.73. The van der Waals surface area contributed by atoms with Gasteiger partial charge in [0.2, 0.25) is 0 Å². The highest BCUT2D eigenvalue weighted by molar-refractivity contribution is 7.10. The van der Waals surface area contributed by atoms with Gasteiger partial charge in [0.1, 0.15) is 6.61 Å². The molecule has 0 saturated carbocycles. The minimum absolute atomic E-state index is 0.0607. The smallest absolute Gasteiger partial charge is 0.104 e. The van der Waals surface area contributed by atoms with E-state index >= 15 is 0 Å². The second-order valence-electron chi connectivity index (χ2n) is 5.68. The van der Waals surface area contributed by atoms with Crippen LogP contribution >= 0.6 is 11.3 Å². The monoisotopic (exact) mass is 290 g/mol. The van der Waals surface area contributed by atoms with Crippen molar-refractivity contribution in [1.29, 1.82) is 0 Å². The Balaban J connectivity index is 1.60. The summed E-state index contributed by atoms with van der Waals surface area (Å²) in [7, 11) is 0. The third-order valence-corrected chi connectivity index (χ3v) is 5.15. The lowest BCUT2D eigenvalue weighted by molar-refractivity contribution is 0.216. The van der Waals surface area contributed by atoms with Crippen molar-refractivity contribution in [2.75, 3.05) is 32.8 Å². The van der Waals surface area contributed by atoms with Gasteiger partial charge in [0.25, 0.3) is 0 Å². The maximum Gasteiger partial charge on any atom is 0.104 e. The third-order valence-electron chi connectivity index (χ3n) is 4.23. The molecule has 20 heavy (non-hydrogen) atoms. The van der Waals surface area contributed by atoms with Gasteiger partial charge in [-0.25, -0.2) is 0 Å². The molecule has 1 N–H and O–H groups in total. The Morgan fingerprint density at radius 3 is 3.10 bits per heavy atom. The molecule has 108 valence electrons. The molecule has 0 radical (unpaired) electrons. The summed E-state index contributed by atoms with van der Waals surface area (Å²) in [5.41, 5.74) is 1.04. The predicted octanol–water partition coefficient (Wildman–Crippen LogP) is 1.76. The number of aliphatic hydroxyl groups is 1. The highest BCUT2D eigenvalue weighted by Gasteiger charge is 2.28. The Labute approximate surface area is 125 Å². The highest BCUT2D eigenvalue weighted by atomic mass is 32.1. The number of thiophene rings is 1. The molecule has 3 heterocycles. The number of rotatable bonds is 2. The molecule has 3 rings (SSSR count). The van der Waals surface area contributed by atoms with Gasteiger partial charge in [-0.2, -0.15) is 0 Å². The predicted molar refractivity (Wildman–Crippen MR) is 82.8 cm³/mol. The Morgan fingerprint density at radius 1 is 1.30 bits per heavy atom. The molecule has 2 aliphatic heterocycles. The van der Waals surface area contributed by atoms with Crippen LogP contribution in [-0.4, -0.2) is 53.7 Å². The zero-order valence-electron chi connectivity index (χ0n) is 11.8. The second-order valence-corrected chi connectivity index (χ2v) is 6.68. The van der Waals surface area contributed by atoms with E-state index in [0.717, 1.165) is 18.2 Å². The van der Waals surface area contributed by atoms with Crippen LogP contribution in [0.2, 0.25) is 0 Å². The molecule has 1 atom stereocenters. The van der Waals surface area contributed by atoms with Crippen LogP contribution in [0.15, 0.2) is 11.4 Å². The summed E-state index contributed by atoms with van der Waals surface area (Å²) in [6.45, 7) is 6.00. The first-order valence-electron chi connectivity index (χ1n) is 7.49. The molecular formula is C16H22N2OS. The van der Waals surface area contributed by atoms with Gasteiger partial charge < -0.3 is 5.11 Å². The number of fused-ring (bicyclic) bond motifs is 1. The summed E-state index contributed by atoms with van der Waals surface area (Å²) >= 11 is 1.79. The van der Waals surface area contributed by atoms with Crippen LogP contribution in [0.4, 0.5) is 0 Å². The summed E-state index contributed by atoms with van der Waals surface area (Å²) in [5, 5.41) is 10.8. The van der Waals surface area contributed by atoms with Crippen molar-refractivity contribution in [3.63, 3.8) is 0 Å². The molecule has 0 aliphatic carbocycles. The largest absolute Gasteiger partial charge is 0.384 e. The maximum atomic E-state index is 8.73. The first-order valence-corrected chi connectivity index (χ1v) is 8.36. The van der Waals surface area contributed by atoms with Crippen LogP contribution in [-0.2, 0) is 6.54 Å². The highest BCUT2D eigenvalue weighted by Crippen LogP contribution is 2.23. The molecule has 0 spiro atoms. The summed E-state index contributed by atoms with van der Waals surface area (Å²) in [5.74, 6) is 5.70. The van der Waals surface area contributed by atoms with E-state index in [9.17, 15) is 0 Å². The van der Waals surface area contributed by atoms with Gasteiger partial charge in [-0.3, -0.25) is 9.80 Å². The van der Waals surface area contributed by atoms with Crippen LogP contribution in [0.1, 0.15) is 29.7 Å². The minimum Gasteiger partial charge on any atom is -0.384 e. The Bertz CT molecular complexity index is 502. The first-order chi connectivity index (χ1) is 9.85. The summed E-state index contributed by atoms with van der Waals surface area (Å²) in [6.07, 6.45) is 4.03. The van der Waals surface area contributed by atoms with Gasteiger partial charge in [-0.15, -0.1) is 11.3 Å². The Morgan fingerprint density at radius 2 is 2.20 bits per heavy atom. The second kappa shape index (κ2) is 6.73. The van der Waals surface area contributed by atoms with Gasteiger partial charge in [0, 0.05) is 35.0 Å². The van der Waals surface area contributed by atoms with Gasteiger partial charge in [-0.05, 0) is 45.0 Å². The molecule has 1 aromatic rings. The number of aliphatic hydroxyl groups excluding tert-OH is 1. The average molecular weight is 290 g/mol. The van der Waals surface area contributed by atoms with Crippen LogP contribution in [0.5, 0.6) is 0 Å². The van der Waals surface area contributed by atoms with Crippen molar-refractivity contribution >= 4 is 11.3 Å². The molecule has 0 amide bonds. The van der Waals surface area contributed by atoms with E-state index < -0.39 is 0 Å². The quantitative estimate of drug-likeness (QED) is 0.841. The van der Waals surface area contributed by atoms with Gasteiger partial charge >= 0.3 is 0 Å². The third kappa shape index (κ3) is 3.42. The molecule has 4 heteroatoms. The molecular weight excluding hydrogens is 268 g/mol. The molecule has 3 nitrogen and oxygen atoms in total. The fraction of sp³-hybridized carbons (Fsp3) is 0.625. The van der Waals surface area contributed by atoms with Gasteiger partial charge in [0.15, 0.2) is 0 Å². The van der Waals surface area contributed by atoms with Gasteiger partial charge in [-0.1, -0.05) is 11.8 Å². The van der Waals surface area contributed by atoms with E-state index in [2.05, 4.69) is 33.1 Å². The number of hydrogen-bond acceptors (Lipinski definition) is 4. The standard InChI is InChI=1S/C16H22N2OS/c19-9-2-4-14-10-16(20-13-14)12-17-6-3-8-18-7-1-5-15(18)11-17/h10,13,15,19H,1,3,5-9,11-12H2. The van der Waals surface area contributed by atoms with Crippen molar-refractivity contribution in [3.05, 3.63) is 21.9 Å². The fourth-order valence-electron chi connectivity index (χ4n) is 3.32. The summed E-state index contributed by atoms with van der Waals surface area (Å²) < 4.78 is 0. The van der Waals surface area contributed by atoms with E-state index in [4.69, 9.17) is 5.11 Å². The zero-order valence-corrected chi connectivity index (χ0v) is 12.7. The Hall–Kier alpha value is -0.860. The lowest BCUT2D eigenvalue weighted by Crippen LogP contribution is -2.36. The van der Waals surface area contributed by atoms with Crippen molar-refractivity contribution in [3.8, 4) is 11.8 Å². The molecule has 1 unspecified atom stereocenters. The van der Waals surface area contributed by atoms with Crippen molar-refractivity contribution in [2.45, 2.75) is 31.8 Å². The molecule has 0 aromatic carbocycles. The topological polar surface area (TPSA) is 26.7 Å². The van der Waals surface area contributed by atoms with E-state index in [-0.39, 0.29) is 6.61 Å². The van der Waals surface area contributed by atoms with Crippen molar-refractivity contribution in [2.24, 2.45) is 0 Å². The van der Waals surface area contributed by atoms with Gasteiger partial charge in [0.05, 0.1) is 0 Å². The first kappa shape index (κ1) is 14.1. The molecule has 1 aromatic heterocycles. The van der Waals surface area contributed by atoms with E-state index in [1.165, 1.54) is 50.3 Å². The van der Waals surface area contributed by atoms with Crippen LogP contribution in [0.25, 0.3) is 0 Å². The van der Waals surface area contributed by atoms with Crippen LogP contribution in [0.3, 0.4) is 0 Å². The molecule has 2 fully saturated rings. The van der Waals surface area contributed by atoms with E-state index in [0.29, 0.717) is 0 Å². The van der Waals surface area contributed by atoms with E-state index in [1.807, 2.05) is 0 Å². The molecule has 2 aliphatic rings. The van der Waals surface area contributed by atoms with Crippen LogP contribution in [0, 0.1) is 11.8 Å². The lowest BCUT2D eigenvalue weighted by atomic mass is 10.2. The van der Waals surface area contributed by atoms with Crippen LogP contribution < -0.4 is 0 Å². The zero-order chi connectivity index (χ0) is 13.8. The molecule has 0 bridgehead atoms. The lowest BCUT2D eigenvalue weighted by Gasteiger charge is -2.25. The average Bonchev–Trinajstić information content (AvgIpc) is 3.03. The summed E-state index contributed by atoms with van der Waals surface area (Å²) in [6, 6.07) is 2.95. The minimum atomic E-state index is -0.0607. The van der Waals surface area contributed by atoms with Crippen molar-refractivity contribution < 1.29 is 5.11 Å². The fourth-order valence-corrected chi connectivity index (χ4v) is 4.18. The normalized spacial score (nSPS) is 23.9.